The molecule has 0 aliphatic heterocycles. The van der Waals surface area contributed by atoms with Crippen molar-refractivity contribution in [3.63, 3.8) is 0 Å². The predicted molar refractivity (Wildman–Crippen MR) is 83.9 cm³/mol. The lowest BCUT2D eigenvalue weighted by molar-refractivity contribution is 0.104. The maximum absolute atomic E-state index is 12.8. The second-order valence-electron chi connectivity index (χ2n) is 4.57. The number of ketones is 1. The van der Waals surface area contributed by atoms with Crippen LogP contribution in [0.15, 0.2) is 41.1 Å². The molecule has 0 aliphatic rings. The van der Waals surface area contributed by atoms with Gasteiger partial charge in [0.25, 0.3) is 0 Å². The van der Waals surface area contributed by atoms with Crippen LogP contribution in [0.2, 0.25) is 0 Å². The van der Waals surface area contributed by atoms with Gasteiger partial charge in [0.15, 0.2) is 10.9 Å². The Morgan fingerprint density at radius 3 is 2.78 bits per heavy atom. The number of carbonyl (C=O) groups is 2. The van der Waals surface area contributed by atoms with E-state index < -0.39 is 6.09 Å². The minimum absolute atomic E-state index is 0.105. The first-order valence-corrected chi connectivity index (χ1v) is 7.39. The third-order valence-electron chi connectivity index (χ3n) is 3.05. The quantitative estimate of drug-likeness (QED) is 0.710. The molecule has 23 heavy (non-hydrogen) atoms. The van der Waals surface area contributed by atoms with Gasteiger partial charge in [-0.1, -0.05) is 11.3 Å². The summed E-state index contributed by atoms with van der Waals surface area (Å²) in [6.45, 7) is 1.73. The lowest BCUT2D eigenvalue weighted by atomic mass is 10.1. The number of nitrogens with one attached hydrogen (secondary N) is 1. The molecule has 8 heteroatoms. The van der Waals surface area contributed by atoms with Gasteiger partial charge in [0.05, 0.1) is 6.26 Å². The standard InChI is InChI=1S/C15H11N3O4S/c1-8-9(4-2-6-16-8)12(19)13-11(10-5-3-7-22-10)17-14(23-13)18-15(20)21/h2-7H,1H3,(H,17,18)(H,20,21). The summed E-state index contributed by atoms with van der Waals surface area (Å²) in [6.07, 6.45) is 1.81. The number of thiazole rings is 1. The van der Waals surface area contributed by atoms with Gasteiger partial charge >= 0.3 is 6.09 Å². The average Bonchev–Trinajstić information content (AvgIpc) is 3.15. The molecule has 3 aromatic rings. The van der Waals surface area contributed by atoms with E-state index in [2.05, 4.69) is 15.3 Å². The minimum atomic E-state index is -1.25. The largest absolute Gasteiger partial charge is 0.465 e. The molecule has 0 saturated heterocycles. The lowest BCUT2D eigenvalue weighted by Gasteiger charge is -2.02. The van der Waals surface area contributed by atoms with Gasteiger partial charge in [-0.15, -0.1) is 0 Å². The molecule has 1 amide bonds. The Kier molecular flexibility index (Phi) is 3.90. The Labute approximate surface area is 134 Å². The van der Waals surface area contributed by atoms with Gasteiger partial charge in [0.1, 0.15) is 10.6 Å². The maximum Gasteiger partial charge on any atom is 0.410 e. The number of carbonyl (C=O) groups excluding carboxylic acids is 1. The summed E-state index contributed by atoms with van der Waals surface area (Å²) in [5.41, 5.74) is 1.33. The Hall–Kier alpha value is -3.00. The smallest absolute Gasteiger partial charge is 0.410 e. The van der Waals surface area contributed by atoms with Gasteiger partial charge in [-0.2, -0.15) is 0 Å². The number of aryl methyl sites for hydroxylation is 1. The van der Waals surface area contributed by atoms with Crippen molar-refractivity contribution >= 4 is 28.3 Å². The fourth-order valence-electron chi connectivity index (χ4n) is 2.05. The van der Waals surface area contributed by atoms with Crippen molar-refractivity contribution in [2.75, 3.05) is 5.32 Å². The number of aromatic nitrogens is 2. The number of amides is 1. The molecular weight excluding hydrogens is 318 g/mol. The summed E-state index contributed by atoms with van der Waals surface area (Å²) < 4.78 is 5.30. The summed E-state index contributed by atoms with van der Waals surface area (Å²) >= 11 is 0.957. The zero-order valence-corrected chi connectivity index (χ0v) is 12.8. The van der Waals surface area contributed by atoms with E-state index in [1.165, 1.54) is 6.26 Å². The molecule has 2 N–H and O–H groups in total. The summed E-state index contributed by atoms with van der Waals surface area (Å²) in [6, 6.07) is 6.67. The van der Waals surface area contributed by atoms with Gasteiger partial charge in [0.2, 0.25) is 5.78 Å². The van der Waals surface area contributed by atoms with Crippen LogP contribution in [-0.4, -0.2) is 27.0 Å². The minimum Gasteiger partial charge on any atom is -0.465 e. The van der Waals surface area contributed by atoms with E-state index in [1.54, 1.807) is 37.4 Å². The molecule has 3 rings (SSSR count). The van der Waals surface area contributed by atoms with Crippen LogP contribution < -0.4 is 5.32 Å². The molecular formula is C15H11N3O4S. The maximum atomic E-state index is 12.8. The van der Waals surface area contributed by atoms with Gasteiger partial charge in [0, 0.05) is 17.5 Å². The second kappa shape index (κ2) is 6.01. The van der Waals surface area contributed by atoms with Crippen LogP contribution in [-0.2, 0) is 0 Å². The first kappa shape index (κ1) is 14.9. The van der Waals surface area contributed by atoms with Gasteiger partial charge in [-0.25, -0.2) is 9.78 Å². The van der Waals surface area contributed by atoms with E-state index in [0.717, 1.165) is 11.3 Å². The molecule has 0 bridgehead atoms. The first-order chi connectivity index (χ1) is 11.1. The molecule has 0 radical (unpaired) electrons. The number of hydrogen-bond donors (Lipinski definition) is 2. The zero-order chi connectivity index (χ0) is 16.4. The highest BCUT2D eigenvalue weighted by atomic mass is 32.1. The van der Waals surface area contributed by atoms with Crippen LogP contribution >= 0.6 is 11.3 Å². The van der Waals surface area contributed by atoms with E-state index in [4.69, 9.17) is 9.52 Å². The Morgan fingerprint density at radius 2 is 2.13 bits per heavy atom. The van der Waals surface area contributed by atoms with Crippen molar-refractivity contribution in [1.82, 2.24) is 9.97 Å². The van der Waals surface area contributed by atoms with Crippen molar-refractivity contribution < 1.29 is 19.1 Å². The van der Waals surface area contributed by atoms with Crippen molar-refractivity contribution in [2.24, 2.45) is 0 Å². The predicted octanol–water partition coefficient (Wildman–Crippen LogP) is 3.43. The Bertz CT molecular complexity index is 871. The van der Waals surface area contributed by atoms with Gasteiger partial charge < -0.3 is 9.52 Å². The number of pyridine rings is 1. The molecule has 0 aromatic carbocycles. The number of anilines is 1. The van der Waals surface area contributed by atoms with E-state index in [9.17, 15) is 9.59 Å². The highest BCUT2D eigenvalue weighted by Gasteiger charge is 2.24. The summed E-state index contributed by atoms with van der Waals surface area (Å²) in [5, 5.41) is 11.1. The normalized spacial score (nSPS) is 10.5. The molecule has 3 aromatic heterocycles. The van der Waals surface area contributed by atoms with Crippen LogP contribution in [0.4, 0.5) is 9.93 Å². The van der Waals surface area contributed by atoms with Crippen molar-refractivity contribution in [2.45, 2.75) is 6.92 Å². The van der Waals surface area contributed by atoms with E-state index in [1.807, 2.05) is 0 Å². The number of furan rings is 1. The highest BCUT2D eigenvalue weighted by Crippen LogP contribution is 2.33. The fraction of sp³-hybridized carbons (Fsp3) is 0.0667. The molecule has 0 spiro atoms. The molecule has 7 nitrogen and oxygen atoms in total. The number of rotatable bonds is 4. The third kappa shape index (κ3) is 2.97. The topological polar surface area (TPSA) is 105 Å². The number of hydrogen-bond acceptors (Lipinski definition) is 6. The number of nitrogens with zero attached hydrogens (tertiary/aromatic N) is 2. The van der Waals surface area contributed by atoms with Crippen LogP contribution in [0.1, 0.15) is 20.9 Å². The SMILES string of the molecule is Cc1ncccc1C(=O)c1sc(NC(=O)O)nc1-c1ccco1. The van der Waals surface area contributed by atoms with E-state index >= 15 is 0 Å². The van der Waals surface area contributed by atoms with E-state index in [-0.39, 0.29) is 10.9 Å². The van der Waals surface area contributed by atoms with Crippen molar-refractivity contribution in [3.05, 3.63) is 52.9 Å². The third-order valence-corrected chi connectivity index (χ3v) is 4.02. The molecule has 0 aliphatic carbocycles. The fourth-order valence-corrected chi connectivity index (χ4v) is 2.96. The summed E-state index contributed by atoms with van der Waals surface area (Å²) in [4.78, 5) is 32.2. The number of carboxylic acid groups (broad SMARTS) is 1. The zero-order valence-electron chi connectivity index (χ0n) is 11.9. The van der Waals surface area contributed by atoms with Crippen LogP contribution in [0.25, 0.3) is 11.5 Å². The molecule has 0 fully saturated rings. The molecule has 0 saturated carbocycles. The van der Waals surface area contributed by atoms with Crippen LogP contribution in [0.3, 0.4) is 0 Å². The van der Waals surface area contributed by atoms with Crippen molar-refractivity contribution in [1.29, 1.82) is 0 Å². The summed E-state index contributed by atoms with van der Waals surface area (Å²) in [7, 11) is 0. The van der Waals surface area contributed by atoms with Gasteiger partial charge in [-0.3, -0.25) is 15.1 Å². The van der Waals surface area contributed by atoms with E-state index in [0.29, 0.717) is 27.6 Å². The molecule has 0 unspecified atom stereocenters. The monoisotopic (exact) mass is 329 g/mol. The Balaban J connectivity index is 2.10. The van der Waals surface area contributed by atoms with Crippen LogP contribution in [0.5, 0.6) is 0 Å². The average molecular weight is 329 g/mol. The lowest BCUT2D eigenvalue weighted by Crippen LogP contribution is -2.06. The van der Waals surface area contributed by atoms with Crippen LogP contribution in [0, 0.1) is 6.92 Å². The summed E-state index contributed by atoms with van der Waals surface area (Å²) in [5.74, 6) is 0.113. The highest BCUT2D eigenvalue weighted by molar-refractivity contribution is 7.18. The first-order valence-electron chi connectivity index (χ1n) is 6.57. The van der Waals surface area contributed by atoms with Gasteiger partial charge in [-0.05, 0) is 31.2 Å². The van der Waals surface area contributed by atoms with Crippen molar-refractivity contribution in [3.8, 4) is 11.5 Å². The second-order valence-corrected chi connectivity index (χ2v) is 5.57. The Morgan fingerprint density at radius 1 is 1.30 bits per heavy atom. The molecule has 3 heterocycles. The molecule has 116 valence electrons. The molecule has 0 atom stereocenters.